The van der Waals surface area contributed by atoms with Crippen molar-refractivity contribution in [2.45, 2.75) is 25.4 Å². The topological polar surface area (TPSA) is 36.3 Å². The van der Waals surface area contributed by atoms with E-state index in [1.165, 1.54) is 77.0 Å². The summed E-state index contributed by atoms with van der Waals surface area (Å²) in [7, 11) is 0. The summed E-state index contributed by atoms with van der Waals surface area (Å²) in [5.74, 6) is 0. The van der Waals surface area contributed by atoms with Gasteiger partial charge in [0.15, 0.2) is 0 Å². The first-order valence-corrected chi connectivity index (χ1v) is 24.6. The lowest BCUT2D eigenvalue weighted by molar-refractivity contribution is 0.660. The Bertz CT molecular complexity index is 3910. The van der Waals surface area contributed by atoms with Crippen molar-refractivity contribution in [2.75, 3.05) is 0 Å². The quantitative estimate of drug-likeness (QED) is 0.153. The molecule has 4 heteroatoms. The van der Waals surface area contributed by atoms with Gasteiger partial charge in [0, 0.05) is 44.5 Å². The van der Waals surface area contributed by atoms with Gasteiger partial charge in [0.05, 0.1) is 27.8 Å². The molecule has 1 aliphatic carbocycles. The highest BCUT2D eigenvalue weighted by molar-refractivity contribution is 6.15. The third-order valence-corrected chi connectivity index (χ3v) is 15.1. The Hall–Kier alpha value is -8.99. The third kappa shape index (κ3) is 6.63. The Labute approximate surface area is 413 Å². The summed E-state index contributed by atoms with van der Waals surface area (Å²) in [5.41, 5.74) is 22.0. The van der Waals surface area contributed by atoms with E-state index in [0.717, 1.165) is 50.6 Å². The van der Waals surface area contributed by atoms with Gasteiger partial charge < -0.3 is 14.5 Å². The fourth-order valence-electron chi connectivity index (χ4n) is 11.6. The van der Waals surface area contributed by atoms with Crippen molar-refractivity contribution < 1.29 is 0 Å². The van der Waals surface area contributed by atoms with Gasteiger partial charge in [-0.2, -0.15) is 0 Å². The van der Waals surface area contributed by atoms with E-state index in [9.17, 15) is 0 Å². The molecule has 336 valence electrons. The molecule has 10 aromatic carbocycles. The van der Waals surface area contributed by atoms with Crippen LogP contribution in [0.2, 0.25) is 0 Å². The van der Waals surface area contributed by atoms with Crippen LogP contribution in [0.1, 0.15) is 47.8 Å². The SMILES string of the molecule is CC1(C)c2ccccc2-c2ccc(-c3ccc(C4=NC(c5ccccc5)[N-]C(c5ccc(-c6cc(-n7c8ccccc8c8ccccc87)cc(-n7c8ccccc8c8ccccc87)c6)cc5)=C4)cc3)cc21. The normalized spacial score (nSPS) is 14.9. The number of aromatic nitrogens is 2. The van der Waals surface area contributed by atoms with Gasteiger partial charge >= 0.3 is 0 Å². The van der Waals surface area contributed by atoms with Crippen molar-refractivity contribution in [1.29, 1.82) is 0 Å². The van der Waals surface area contributed by atoms with E-state index in [2.05, 4.69) is 260 Å². The van der Waals surface area contributed by atoms with E-state index in [-0.39, 0.29) is 11.6 Å². The molecule has 1 aliphatic heterocycles. The van der Waals surface area contributed by atoms with E-state index < -0.39 is 0 Å². The van der Waals surface area contributed by atoms with Crippen molar-refractivity contribution >= 4 is 55.0 Å². The average Bonchev–Trinajstić information content (AvgIpc) is 4.04. The Kier molecular flexibility index (Phi) is 9.27. The minimum atomic E-state index is -0.372. The molecule has 0 N–H and O–H groups in total. The monoisotopic (exact) mass is 907 g/mol. The van der Waals surface area contributed by atoms with Gasteiger partial charge in [-0.25, -0.2) is 0 Å². The van der Waals surface area contributed by atoms with Crippen LogP contribution in [0.5, 0.6) is 0 Å². The first kappa shape index (κ1) is 41.0. The number of hydrogen-bond acceptors (Lipinski definition) is 1. The number of hydrogen-bond donors (Lipinski definition) is 0. The van der Waals surface area contributed by atoms with Gasteiger partial charge in [-0.05, 0) is 110 Å². The number of para-hydroxylation sites is 4. The van der Waals surface area contributed by atoms with Gasteiger partial charge in [0.1, 0.15) is 0 Å². The number of benzene rings is 10. The number of allylic oxidation sites excluding steroid dienone is 1. The summed E-state index contributed by atoms with van der Waals surface area (Å²) in [6.45, 7) is 4.68. The summed E-state index contributed by atoms with van der Waals surface area (Å²) in [5, 5.41) is 10.3. The number of aliphatic imine (C=N–C) groups is 1. The van der Waals surface area contributed by atoms with Crippen molar-refractivity contribution in [3.05, 3.63) is 276 Å². The molecule has 1 atom stereocenters. The minimum absolute atomic E-state index is 0.0536. The Morgan fingerprint density at radius 1 is 0.380 bits per heavy atom. The van der Waals surface area contributed by atoms with Gasteiger partial charge in [-0.1, -0.05) is 208 Å². The summed E-state index contributed by atoms with van der Waals surface area (Å²) in [4.78, 5) is 5.28. The molecule has 3 heterocycles. The smallest absolute Gasteiger partial charge is 0.0623 e. The Morgan fingerprint density at radius 2 is 0.831 bits per heavy atom. The second-order valence-electron chi connectivity index (χ2n) is 19.5. The molecule has 0 bridgehead atoms. The Balaban J connectivity index is 0.856. The zero-order chi connectivity index (χ0) is 47.2. The average molecular weight is 908 g/mol. The molecular weight excluding hydrogens is 861 g/mol. The number of nitrogens with zero attached hydrogens (tertiary/aromatic N) is 4. The third-order valence-electron chi connectivity index (χ3n) is 15.1. The van der Waals surface area contributed by atoms with E-state index in [1.54, 1.807) is 0 Å². The maximum Gasteiger partial charge on any atom is 0.0623 e. The molecule has 2 aliphatic rings. The van der Waals surface area contributed by atoms with Crippen molar-refractivity contribution in [3.8, 4) is 44.8 Å². The van der Waals surface area contributed by atoms with Crippen molar-refractivity contribution in [1.82, 2.24) is 9.13 Å². The molecule has 4 nitrogen and oxygen atoms in total. The first-order valence-electron chi connectivity index (χ1n) is 24.6. The molecule has 0 fully saturated rings. The predicted molar refractivity (Wildman–Crippen MR) is 297 cm³/mol. The summed E-state index contributed by atoms with van der Waals surface area (Å²) >= 11 is 0. The first-order chi connectivity index (χ1) is 34.9. The largest absolute Gasteiger partial charge is 0.659 e. The molecule has 12 aromatic rings. The second-order valence-corrected chi connectivity index (χ2v) is 19.5. The van der Waals surface area contributed by atoms with Crippen molar-refractivity contribution in [2.24, 2.45) is 4.99 Å². The van der Waals surface area contributed by atoms with Gasteiger partial charge in [-0.15, -0.1) is 5.70 Å². The van der Waals surface area contributed by atoms with Gasteiger partial charge in [-0.3, -0.25) is 4.99 Å². The number of rotatable bonds is 7. The molecule has 0 saturated heterocycles. The molecule has 0 saturated carbocycles. The van der Waals surface area contributed by atoms with Crippen LogP contribution in [0.15, 0.2) is 248 Å². The standard InChI is InChI=1S/C67H47N4/c1-67(2)58-23-11-6-18-52(58)53-37-36-48(40-59(53)67)43-28-32-45(33-29-43)60-42-61(69-66(68-60)47-16-4-3-5-17-47)46-34-30-44(31-35-46)49-38-50(70-62-24-12-7-19-54(62)55-20-8-13-25-63(55)70)41-51(39-49)71-64-26-14-9-21-56(64)57-22-10-15-27-65(57)71/h3-42,66H,1-2H3/q-1. The molecular formula is C67H47N4-. The lowest BCUT2D eigenvalue weighted by atomic mass is 9.81. The molecule has 0 spiro atoms. The van der Waals surface area contributed by atoms with E-state index in [1.807, 2.05) is 6.07 Å². The summed E-state index contributed by atoms with van der Waals surface area (Å²) in [6, 6.07) is 86.1. The van der Waals surface area contributed by atoms with Crippen LogP contribution in [-0.4, -0.2) is 14.8 Å². The highest BCUT2D eigenvalue weighted by atomic mass is 15.1. The summed E-state index contributed by atoms with van der Waals surface area (Å²) in [6.07, 6.45) is 1.78. The van der Waals surface area contributed by atoms with Crippen LogP contribution in [0.3, 0.4) is 0 Å². The minimum Gasteiger partial charge on any atom is -0.659 e. The van der Waals surface area contributed by atoms with E-state index in [4.69, 9.17) is 10.3 Å². The van der Waals surface area contributed by atoms with Gasteiger partial charge in [0.2, 0.25) is 0 Å². The molecule has 0 radical (unpaired) electrons. The highest BCUT2D eigenvalue weighted by Crippen LogP contribution is 2.50. The maximum absolute atomic E-state index is 5.31. The summed E-state index contributed by atoms with van der Waals surface area (Å²) < 4.78 is 4.85. The van der Waals surface area contributed by atoms with E-state index >= 15 is 0 Å². The van der Waals surface area contributed by atoms with Crippen LogP contribution in [-0.2, 0) is 5.41 Å². The molecule has 2 aromatic heterocycles. The van der Waals surface area contributed by atoms with Crippen LogP contribution in [0.4, 0.5) is 0 Å². The predicted octanol–water partition coefficient (Wildman–Crippen LogP) is 17.4. The lowest BCUT2D eigenvalue weighted by Gasteiger charge is -2.37. The van der Waals surface area contributed by atoms with Crippen LogP contribution >= 0.6 is 0 Å². The van der Waals surface area contributed by atoms with Gasteiger partial charge in [0.25, 0.3) is 0 Å². The molecule has 0 amide bonds. The van der Waals surface area contributed by atoms with Crippen molar-refractivity contribution in [3.63, 3.8) is 0 Å². The Morgan fingerprint density at radius 3 is 1.41 bits per heavy atom. The molecule has 71 heavy (non-hydrogen) atoms. The van der Waals surface area contributed by atoms with Crippen LogP contribution in [0, 0.1) is 0 Å². The van der Waals surface area contributed by atoms with Crippen LogP contribution < -0.4 is 0 Å². The molecule has 14 rings (SSSR count). The van der Waals surface area contributed by atoms with Crippen LogP contribution in [0.25, 0.3) is 99.4 Å². The fourth-order valence-corrected chi connectivity index (χ4v) is 11.6. The van der Waals surface area contributed by atoms with E-state index in [0.29, 0.717) is 0 Å². The zero-order valence-corrected chi connectivity index (χ0v) is 39.5. The number of fused-ring (bicyclic) bond motifs is 9. The molecule has 1 unspecified atom stereocenters. The maximum atomic E-state index is 5.31. The highest BCUT2D eigenvalue weighted by Gasteiger charge is 2.35. The zero-order valence-electron chi connectivity index (χ0n) is 39.5. The second kappa shape index (κ2) is 16.0. The lowest BCUT2D eigenvalue weighted by Crippen LogP contribution is -2.14. The fraction of sp³-hybridized carbons (Fsp3) is 0.0597.